The summed E-state index contributed by atoms with van der Waals surface area (Å²) in [5.41, 5.74) is 1.24. The van der Waals surface area contributed by atoms with E-state index in [0.717, 1.165) is 0 Å². The predicted octanol–water partition coefficient (Wildman–Crippen LogP) is 3.11. The van der Waals surface area contributed by atoms with E-state index in [-0.39, 0.29) is 11.6 Å². The number of thiophene rings is 1. The highest BCUT2D eigenvalue weighted by molar-refractivity contribution is 8.03. The van der Waals surface area contributed by atoms with Crippen LogP contribution in [0.3, 0.4) is 0 Å². The highest BCUT2D eigenvalue weighted by atomic mass is 32.2. The van der Waals surface area contributed by atoms with Crippen molar-refractivity contribution in [3.8, 4) is 0 Å². The number of hydrogen-bond acceptors (Lipinski definition) is 5. The Bertz CT molecular complexity index is 485. The van der Waals surface area contributed by atoms with Crippen molar-refractivity contribution in [3.05, 3.63) is 32.4 Å². The summed E-state index contributed by atoms with van der Waals surface area (Å²) in [6.45, 7) is 0. The molecule has 1 heterocycles. The molecule has 0 N–H and O–H groups in total. The van der Waals surface area contributed by atoms with Crippen molar-refractivity contribution in [2.75, 3.05) is 18.3 Å². The molecule has 84 valence electrons. The Balaban J connectivity index is 2.56. The Kier molecular flexibility index (Phi) is 3.56. The van der Waals surface area contributed by atoms with Gasteiger partial charge in [-0.1, -0.05) is 0 Å². The van der Waals surface area contributed by atoms with E-state index >= 15 is 0 Å². The van der Waals surface area contributed by atoms with Crippen LogP contribution in [-0.2, 0) is 0 Å². The minimum absolute atomic E-state index is 0.00685. The summed E-state index contributed by atoms with van der Waals surface area (Å²) in [5.74, 6) is 0.647. The molecule has 0 fully saturated rings. The Morgan fingerprint density at radius 1 is 1.25 bits per heavy atom. The average molecular weight is 270 g/mol. The number of thioether (sulfide) groups is 2. The van der Waals surface area contributed by atoms with Gasteiger partial charge in [-0.15, -0.1) is 23.1 Å². The summed E-state index contributed by atoms with van der Waals surface area (Å²) in [6, 6.07) is 1.74. The van der Waals surface area contributed by atoms with E-state index in [1.807, 2.05) is 12.5 Å². The molecule has 0 amide bonds. The van der Waals surface area contributed by atoms with Gasteiger partial charge in [0.2, 0.25) is 11.6 Å². The largest absolute Gasteiger partial charge is 0.288 e. The number of Topliss-reactive ketones (excluding diaryl/α,β-unsaturated/α-hetero) is 2. The molecular formula is C11H10O2S3. The maximum atomic E-state index is 12.2. The Morgan fingerprint density at radius 3 is 2.62 bits per heavy atom. The van der Waals surface area contributed by atoms with Gasteiger partial charge in [-0.25, -0.2) is 0 Å². The first kappa shape index (κ1) is 12.0. The molecule has 1 aromatic rings. The van der Waals surface area contributed by atoms with Gasteiger partial charge >= 0.3 is 0 Å². The lowest BCUT2D eigenvalue weighted by Gasteiger charge is -2.16. The predicted molar refractivity (Wildman–Crippen MR) is 71.9 cm³/mol. The lowest BCUT2D eigenvalue weighted by atomic mass is 9.97. The second-order valence-corrected chi connectivity index (χ2v) is 5.87. The van der Waals surface area contributed by atoms with Crippen LogP contribution in [-0.4, -0.2) is 29.8 Å². The second kappa shape index (κ2) is 4.77. The molecule has 0 aromatic carbocycles. The van der Waals surface area contributed by atoms with E-state index in [9.17, 15) is 9.59 Å². The number of ketones is 2. The summed E-state index contributed by atoms with van der Waals surface area (Å²) >= 11 is 4.30. The van der Waals surface area contributed by atoms with E-state index in [0.29, 0.717) is 26.7 Å². The average Bonchev–Trinajstić information content (AvgIpc) is 2.75. The van der Waals surface area contributed by atoms with Crippen molar-refractivity contribution in [1.82, 2.24) is 0 Å². The number of allylic oxidation sites excluding steroid dienone is 1. The number of rotatable bonds is 3. The van der Waals surface area contributed by atoms with Gasteiger partial charge in [0.25, 0.3) is 0 Å². The zero-order valence-corrected chi connectivity index (χ0v) is 11.4. The SMILES string of the molecule is CSCC1=C(SC)C(=O)c2ccsc2C1=O. The Morgan fingerprint density at radius 2 is 2.00 bits per heavy atom. The monoisotopic (exact) mass is 270 g/mol. The van der Waals surface area contributed by atoms with Gasteiger partial charge in [0.15, 0.2) is 0 Å². The molecule has 1 aliphatic rings. The van der Waals surface area contributed by atoms with Gasteiger partial charge in [-0.3, -0.25) is 9.59 Å². The molecule has 0 aliphatic heterocycles. The molecule has 1 aliphatic carbocycles. The van der Waals surface area contributed by atoms with Crippen LogP contribution in [0.25, 0.3) is 0 Å². The standard InChI is InChI=1S/C11H10O2S3/c1-14-5-7-9(13)11-6(3-4-16-11)8(12)10(7)15-2/h3-4H,5H2,1-2H3. The molecular weight excluding hydrogens is 260 g/mol. The Labute approximate surface area is 107 Å². The smallest absolute Gasteiger partial charge is 0.201 e. The van der Waals surface area contributed by atoms with Crippen LogP contribution in [0.1, 0.15) is 20.0 Å². The molecule has 0 radical (unpaired) electrons. The Hall–Kier alpha value is -0.520. The molecule has 0 saturated heterocycles. The molecule has 2 rings (SSSR count). The molecule has 16 heavy (non-hydrogen) atoms. The lowest BCUT2D eigenvalue weighted by molar-refractivity contribution is 0.0985. The molecule has 0 bridgehead atoms. The van der Waals surface area contributed by atoms with Crippen LogP contribution in [0, 0.1) is 0 Å². The van der Waals surface area contributed by atoms with Gasteiger partial charge in [0.05, 0.1) is 9.78 Å². The van der Waals surface area contributed by atoms with Crippen molar-refractivity contribution < 1.29 is 9.59 Å². The molecule has 2 nitrogen and oxygen atoms in total. The number of hydrogen-bond donors (Lipinski definition) is 0. The van der Waals surface area contributed by atoms with E-state index in [1.165, 1.54) is 23.1 Å². The molecule has 0 spiro atoms. The molecule has 5 heteroatoms. The van der Waals surface area contributed by atoms with E-state index in [1.54, 1.807) is 23.2 Å². The van der Waals surface area contributed by atoms with Crippen LogP contribution in [0.15, 0.2) is 21.9 Å². The van der Waals surface area contributed by atoms with E-state index in [4.69, 9.17) is 0 Å². The van der Waals surface area contributed by atoms with Crippen molar-refractivity contribution in [1.29, 1.82) is 0 Å². The van der Waals surface area contributed by atoms with Crippen molar-refractivity contribution in [3.63, 3.8) is 0 Å². The quantitative estimate of drug-likeness (QED) is 0.845. The maximum absolute atomic E-state index is 12.2. The summed E-state index contributed by atoms with van der Waals surface area (Å²) in [4.78, 5) is 25.5. The summed E-state index contributed by atoms with van der Waals surface area (Å²) in [5, 5.41) is 1.81. The van der Waals surface area contributed by atoms with Gasteiger partial charge in [0, 0.05) is 16.9 Å². The zero-order chi connectivity index (χ0) is 11.7. The van der Waals surface area contributed by atoms with Gasteiger partial charge in [-0.05, 0) is 24.0 Å². The first-order valence-corrected chi connectivity index (χ1v) is 8.13. The van der Waals surface area contributed by atoms with Crippen LogP contribution < -0.4 is 0 Å². The second-order valence-electron chi connectivity index (χ2n) is 3.27. The zero-order valence-electron chi connectivity index (χ0n) is 8.90. The van der Waals surface area contributed by atoms with Gasteiger partial charge in [0.1, 0.15) is 0 Å². The molecule has 0 saturated carbocycles. The van der Waals surface area contributed by atoms with Crippen LogP contribution in [0.4, 0.5) is 0 Å². The van der Waals surface area contributed by atoms with Gasteiger partial charge in [-0.2, -0.15) is 11.8 Å². The lowest BCUT2D eigenvalue weighted by Crippen LogP contribution is -2.19. The van der Waals surface area contributed by atoms with E-state index in [2.05, 4.69) is 0 Å². The maximum Gasteiger partial charge on any atom is 0.201 e. The molecule has 0 unspecified atom stereocenters. The number of carbonyl (C=O) groups excluding carboxylic acids is 2. The summed E-state index contributed by atoms with van der Waals surface area (Å²) < 4.78 is 0. The molecule has 1 aromatic heterocycles. The van der Waals surface area contributed by atoms with E-state index < -0.39 is 0 Å². The fourth-order valence-electron chi connectivity index (χ4n) is 1.65. The molecule has 0 atom stereocenters. The first-order valence-electron chi connectivity index (χ1n) is 4.63. The third-order valence-corrected chi connectivity index (χ3v) is 4.69. The summed E-state index contributed by atoms with van der Waals surface area (Å²) in [7, 11) is 0. The van der Waals surface area contributed by atoms with Crippen molar-refractivity contribution in [2.45, 2.75) is 0 Å². The number of carbonyl (C=O) groups is 2. The third kappa shape index (κ3) is 1.77. The normalized spacial score (nSPS) is 15.6. The fraction of sp³-hybridized carbons (Fsp3) is 0.273. The van der Waals surface area contributed by atoms with Crippen LogP contribution >= 0.6 is 34.9 Å². The third-order valence-electron chi connectivity index (χ3n) is 2.36. The topological polar surface area (TPSA) is 34.1 Å². The van der Waals surface area contributed by atoms with Crippen LogP contribution in [0.5, 0.6) is 0 Å². The highest BCUT2D eigenvalue weighted by Crippen LogP contribution is 2.35. The van der Waals surface area contributed by atoms with Crippen molar-refractivity contribution in [2.24, 2.45) is 0 Å². The van der Waals surface area contributed by atoms with Crippen LogP contribution in [0.2, 0.25) is 0 Å². The minimum atomic E-state index is 0.00685. The highest BCUT2D eigenvalue weighted by Gasteiger charge is 2.32. The minimum Gasteiger partial charge on any atom is -0.288 e. The van der Waals surface area contributed by atoms with Crippen molar-refractivity contribution >= 4 is 46.4 Å². The fourth-order valence-corrected chi connectivity index (χ4v) is 3.87. The summed E-state index contributed by atoms with van der Waals surface area (Å²) in [6.07, 6.45) is 3.78. The number of fused-ring (bicyclic) bond motifs is 1. The van der Waals surface area contributed by atoms with Gasteiger partial charge < -0.3 is 0 Å². The first-order chi connectivity index (χ1) is 7.70.